The first-order valence-corrected chi connectivity index (χ1v) is 12.6. The van der Waals surface area contributed by atoms with Gasteiger partial charge in [0, 0.05) is 25.6 Å². The molecule has 0 aromatic heterocycles. The van der Waals surface area contributed by atoms with Gasteiger partial charge in [-0.1, -0.05) is 23.2 Å². The highest BCUT2D eigenvalue weighted by Gasteiger charge is 2.25. The van der Waals surface area contributed by atoms with Crippen LogP contribution in [0.15, 0.2) is 35.2 Å². The van der Waals surface area contributed by atoms with E-state index in [9.17, 15) is 18.0 Å². The molecule has 2 aromatic rings. The molecule has 0 saturated heterocycles. The molecule has 2 aromatic carbocycles. The normalized spacial score (nSPS) is 13.2. The van der Waals surface area contributed by atoms with Crippen molar-refractivity contribution in [3.05, 3.63) is 51.5 Å². The number of nitrogens with one attached hydrogen (secondary N) is 1. The van der Waals surface area contributed by atoms with E-state index in [0.29, 0.717) is 34.9 Å². The molecule has 0 atom stereocenters. The van der Waals surface area contributed by atoms with E-state index in [1.165, 1.54) is 18.2 Å². The minimum atomic E-state index is -3.40. The largest absolute Gasteiger partial charge is 0.325 e. The average molecular weight is 494 g/mol. The number of sulfone groups is 1. The molecule has 3 rings (SSSR count). The Morgan fingerprint density at radius 2 is 1.91 bits per heavy atom. The predicted octanol–water partition coefficient (Wildman–Crippen LogP) is 4.36. The number of rotatable bonds is 6. The number of halogens is 2. The summed E-state index contributed by atoms with van der Waals surface area (Å²) in [6, 6.07) is 9.47. The van der Waals surface area contributed by atoms with Crippen LogP contribution in [0.25, 0.3) is 0 Å². The fourth-order valence-corrected chi connectivity index (χ4v) is 4.86. The van der Waals surface area contributed by atoms with Gasteiger partial charge in [-0.05, 0) is 55.2 Å². The van der Waals surface area contributed by atoms with Crippen LogP contribution in [-0.2, 0) is 25.8 Å². The number of fused-ring (bicyclic) bond motifs is 1. The zero-order chi connectivity index (χ0) is 23.5. The zero-order valence-electron chi connectivity index (χ0n) is 17.3. The lowest BCUT2D eigenvalue weighted by Gasteiger charge is -2.30. The molecule has 0 spiro atoms. The van der Waals surface area contributed by atoms with Crippen LogP contribution < -0.4 is 10.2 Å². The highest BCUT2D eigenvalue weighted by Crippen LogP contribution is 2.36. The first-order valence-electron chi connectivity index (χ1n) is 9.92. The van der Waals surface area contributed by atoms with E-state index >= 15 is 0 Å². The van der Waals surface area contributed by atoms with Crippen molar-refractivity contribution in [3.8, 4) is 6.07 Å². The molecule has 32 heavy (non-hydrogen) atoms. The Labute approximate surface area is 196 Å². The summed E-state index contributed by atoms with van der Waals surface area (Å²) in [5, 5.41) is 12.2. The molecular weight excluding hydrogens is 473 g/mol. The fraction of sp³-hybridized carbons (Fsp3) is 0.318. The average Bonchev–Trinajstić information content (AvgIpc) is 2.73. The van der Waals surface area contributed by atoms with Crippen molar-refractivity contribution >= 4 is 56.2 Å². The monoisotopic (exact) mass is 493 g/mol. The SMILES string of the molecule is CS(=O)(=O)c1ccc(NC(=O)CCCC(=O)N2CCCc3cc(C#N)cc(Cl)c32)c(Cl)c1. The fourth-order valence-electron chi connectivity index (χ4n) is 3.58. The molecule has 10 heteroatoms. The Hall–Kier alpha value is -2.60. The predicted molar refractivity (Wildman–Crippen MR) is 124 cm³/mol. The molecule has 2 amide bonds. The first-order chi connectivity index (χ1) is 15.1. The number of hydrogen-bond acceptors (Lipinski definition) is 5. The van der Waals surface area contributed by atoms with Gasteiger partial charge >= 0.3 is 0 Å². The van der Waals surface area contributed by atoms with Crippen LogP contribution in [0.2, 0.25) is 10.0 Å². The summed E-state index contributed by atoms with van der Waals surface area (Å²) >= 11 is 12.4. The van der Waals surface area contributed by atoms with E-state index in [1.807, 2.05) is 0 Å². The Kier molecular flexibility index (Phi) is 7.44. The summed E-state index contributed by atoms with van der Waals surface area (Å²) in [4.78, 5) is 26.7. The van der Waals surface area contributed by atoms with Gasteiger partial charge in [0.05, 0.1) is 37.9 Å². The number of hydrogen-bond donors (Lipinski definition) is 1. The number of aryl methyl sites for hydroxylation is 1. The molecule has 0 aliphatic carbocycles. The van der Waals surface area contributed by atoms with Gasteiger partial charge in [-0.25, -0.2) is 8.42 Å². The van der Waals surface area contributed by atoms with Crippen LogP contribution in [0, 0.1) is 11.3 Å². The van der Waals surface area contributed by atoms with Gasteiger partial charge in [0.25, 0.3) is 0 Å². The minimum Gasteiger partial charge on any atom is -0.325 e. The molecule has 168 valence electrons. The summed E-state index contributed by atoms with van der Waals surface area (Å²) < 4.78 is 23.2. The van der Waals surface area contributed by atoms with Crippen molar-refractivity contribution in [1.82, 2.24) is 0 Å². The van der Waals surface area contributed by atoms with Crippen molar-refractivity contribution in [2.75, 3.05) is 23.0 Å². The van der Waals surface area contributed by atoms with Crippen molar-refractivity contribution in [1.29, 1.82) is 5.26 Å². The topological polar surface area (TPSA) is 107 Å². The molecule has 0 bridgehead atoms. The molecular formula is C22H21Cl2N3O4S. The second-order valence-electron chi connectivity index (χ2n) is 7.54. The first kappa shape index (κ1) is 24.1. The van der Waals surface area contributed by atoms with Gasteiger partial charge < -0.3 is 10.2 Å². The van der Waals surface area contributed by atoms with Gasteiger partial charge in [-0.2, -0.15) is 5.26 Å². The van der Waals surface area contributed by atoms with Crippen LogP contribution in [0.1, 0.15) is 36.8 Å². The number of anilines is 2. The van der Waals surface area contributed by atoms with Gasteiger partial charge in [-0.15, -0.1) is 0 Å². The van der Waals surface area contributed by atoms with Gasteiger partial charge in [0.15, 0.2) is 9.84 Å². The van der Waals surface area contributed by atoms with E-state index in [2.05, 4.69) is 11.4 Å². The van der Waals surface area contributed by atoms with E-state index in [1.54, 1.807) is 17.0 Å². The highest BCUT2D eigenvalue weighted by atomic mass is 35.5. The summed E-state index contributed by atoms with van der Waals surface area (Å²) in [5.74, 6) is -0.469. The summed E-state index contributed by atoms with van der Waals surface area (Å²) in [6.45, 7) is 0.534. The summed E-state index contributed by atoms with van der Waals surface area (Å²) in [6.07, 6.45) is 3.16. The Morgan fingerprint density at radius 3 is 2.56 bits per heavy atom. The molecule has 1 aliphatic heterocycles. The van der Waals surface area contributed by atoms with Crippen molar-refractivity contribution in [3.63, 3.8) is 0 Å². The van der Waals surface area contributed by atoms with E-state index in [0.717, 1.165) is 24.7 Å². The Morgan fingerprint density at radius 1 is 1.16 bits per heavy atom. The van der Waals surface area contributed by atoms with Crippen molar-refractivity contribution < 1.29 is 18.0 Å². The third-order valence-electron chi connectivity index (χ3n) is 5.11. The quantitative estimate of drug-likeness (QED) is 0.642. The maximum Gasteiger partial charge on any atom is 0.227 e. The molecule has 1 N–H and O–H groups in total. The molecule has 7 nitrogen and oxygen atoms in total. The lowest BCUT2D eigenvalue weighted by Crippen LogP contribution is -2.35. The Balaban J connectivity index is 1.58. The number of nitrogens with zero attached hydrogens (tertiary/aromatic N) is 2. The molecule has 0 radical (unpaired) electrons. The molecule has 1 aliphatic rings. The number of carbonyl (C=O) groups is 2. The number of amides is 2. The minimum absolute atomic E-state index is 0.0634. The molecule has 1 heterocycles. The van der Waals surface area contributed by atoms with Crippen LogP contribution >= 0.6 is 23.2 Å². The molecule has 0 saturated carbocycles. The maximum absolute atomic E-state index is 12.8. The van der Waals surface area contributed by atoms with Crippen LogP contribution in [0.4, 0.5) is 11.4 Å². The molecule has 0 unspecified atom stereocenters. The lowest BCUT2D eigenvalue weighted by molar-refractivity contribution is -0.119. The van der Waals surface area contributed by atoms with Crippen LogP contribution in [0.3, 0.4) is 0 Å². The number of carbonyl (C=O) groups excluding carboxylic acids is 2. The van der Waals surface area contributed by atoms with E-state index in [-0.39, 0.29) is 34.6 Å². The second-order valence-corrected chi connectivity index (χ2v) is 10.4. The molecule has 0 fully saturated rings. The zero-order valence-corrected chi connectivity index (χ0v) is 19.6. The maximum atomic E-state index is 12.8. The smallest absolute Gasteiger partial charge is 0.227 e. The van der Waals surface area contributed by atoms with Crippen LogP contribution in [-0.4, -0.2) is 33.0 Å². The van der Waals surface area contributed by atoms with E-state index in [4.69, 9.17) is 28.5 Å². The Bertz CT molecular complexity index is 1220. The summed E-state index contributed by atoms with van der Waals surface area (Å²) in [7, 11) is -3.40. The van der Waals surface area contributed by atoms with E-state index < -0.39 is 9.84 Å². The van der Waals surface area contributed by atoms with Crippen LogP contribution in [0.5, 0.6) is 0 Å². The standard InChI is InChI=1S/C22H21Cl2N3O4S/c1-32(30,31)16-7-8-19(17(23)12-16)26-20(28)5-2-6-21(29)27-9-3-4-15-10-14(13-25)11-18(24)22(15)27/h7-8,10-12H,2-6,9H2,1H3,(H,26,28). The third-order valence-corrected chi connectivity index (χ3v) is 6.82. The highest BCUT2D eigenvalue weighted by molar-refractivity contribution is 7.90. The van der Waals surface area contributed by atoms with Crippen molar-refractivity contribution in [2.45, 2.75) is 37.0 Å². The number of benzene rings is 2. The van der Waals surface area contributed by atoms with Gasteiger partial charge in [0.2, 0.25) is 11.8 Å². The second kappa shape index (κ2) is 9.90. The van der Waals surface area contributed by atoms with Gasteiger partial charge in [-0.3, -0.25) is 9.59 Å². The summed E-state index contributed by atoms with van der Waals surface area (Å²) in [5.41, 5.74) is 2.28. The van der Waals surface area contributed by atoms with Gasteiger partial charge in [0.1, 0.15) is 0 Å². The third kappa shape index (κ3) is 5.60. The number of nitriles is 1. The lowest BCUT2D eigenvalue weighted by atomic mass is 9.98. The van der Waals surface area contributed by atoms with Crippen molar-refractivity contribution in [2.24, 2.45) is 0 Å².